The molecule has 17 nitrogen and oxygen atoms in total. The number of benzene rings is 2. The summed E-state index contributed by atoms with van der Waals surface area (Å²) in [4.78, 5) is 71.0. The lowest BCUT2D eigenvalue weighted by Crippen LogP contribution is -2.52. The van der Waals surface area contributed by atoms with E-state index < -0.39 is 6.04 Å². The number of imide groups is 1. The van der Waals surface area contributed by atoms with Crippen molar-refractivity contribution in [3.8, 4) is 0 Å². The first-order valence-corrected chi connectivity index (χ1v) is 20.2. The molecule has 0 radical (unpaired) electrons. The van der Waals surface area contributed by atoms with Gasteiger partial charge in [0.1, 0.15) is 17.3 Å². The smallest absolute Gasteiger partial charge is 0.298 e. The number of fused-ring (bicyclic) bond motifs is 3. The number of piperidine rings is 2. The average Bonchev–Trinajstić information content (AvgIpc) is 3.98. The van der Waals surface area contributed by atoms with Crippen molar-refractivity contribution in [1.82, 2.24) is 34.7 Å². The van der Waals surface area contributed by atoms with E-state index in [0.29, 0.717) is 73.7 Å². The zero-order chi connectivity index (χ0) is 39.3. The molecule has 1 atom stereocenters. The summed E-state index contributed by atoms with van der Waals surface area (Å²) in [6.45, 7) is 9.27. The summed E-state index contributed by atoms with van der Waals surface area (Å²) in [6, 6.07) is 13.4. The third-order valence-electron chi connectivity index (χ3n) is 12.2. The van der Waals surface area contributed by atoms with Gasteiger partial charge in [-0.3, -0.25) is 29.4 Å². The van der Waals surface area contributed by atoms with Crippen LogP contribution in [0, 0.1) is 5.92 Å². The fraction of sp³-hybridized carbons (Fsp3) is 0.439. The summed E-state index contributed by atoms with van der Waals surface area (Å²) in [6.07, 6.45) is 6.10. The summed E-state index contributed by atoms with van der Waals surface area (Å²) in [7, 11) is 0. The maximum Gasteiger partial charge on any atom is 0.298 e. The highest BCUT2D eigenvalue weighted by Gasteiger charge is 2.39. The molecule has 4 fully saturated rings. The molecule has 0 aliphatic carbocycles. The van der Waals surface area contributed by atoms with E-state index in [-0.39, 0.29) is 35.7 Å². The van der Waals surface area contributed by atoms with Crippen molar-refractivity contribution in [2.75, 3.05) is 92.1 Å². The summed E-state index contributed by atoms with van der Waals surface area (Å²) < 4.78 is 13.6. The first-order chi connectivity index (χ1) is 28.3. The monoisotopic (exact) mass is 787 g/mol. The van der Waals surface area contributed by atoms with Crippen LogP contribution in [0.5, 0.6) is 0 Å². The number of imidazole rings is 1. The van der Waals surface area contributed by atoms with E-state index in [1.54, 1.807) is 33.9 Å². The van der Waals surface area contributed by atoms with E-state index >= 15 is 0 Å². The Morgan fingerprint density at radius 2 is 1.71 bits per heavy atom. The Labute approximate surface area is 333 Å². The second-order valence-electron chi connectivity index (χ2n) is 15.8. The Balaban J connectivity index is 0.751. The lowest BCUT2D eigenvalue weighted by atomic mass is 9.95. The second-order valence-corrected chi connectivity index (χ2v) is 15.8. The molecule has 1 unspecified atom stereocenters. The van der Waals surface area contributed by atoms with Crippen molar-refractivity contribution in [3.05, 3.63) is 71.7 Å². The van der Waals surface area contributed by atoms with Crippen LogP contribution in [0.25, 0.3) is 16.7 Å². The van der Waals surface area contributed by atoms with Gasteiger partial charge in [0.25, 0.3) is 17.8 Å². The average molecular weight is 788 g/mol. The van der Waals surface area contributed by atoms with Crippen molar-refractivity contribution in [1.29, 1.82) is 0 Å². The van der Waals surface area contributed by atoms with Crippen molar-refractivity contribution in [2.24, 2.45) is 5.92 Å². The maximum atomic E-state index is 13.4. The van der Waals surface area contributed by atoms with Gasteiger partial charge in [-0.25, -0.2) is 9.50 Å². The summed E-state index contributed by atoms with van der Waals surface area (Å²) in [5.74, 6) is -0.552. The molecule has 300 valence electrons. The number of carbonyl (C=O) groups is 4. The molecule has 3 aromatic heterocycles. The summed E-state index contributed by atoms with van der Waals surface area (Å²) in [5, 5.41) is 9.88. The van der Waals surface area contributed by atoms with Crippen LogP contribution in [0.4, 0.5) is 23.1 Å². The minimum Gasteiger partial charge on any atom is -0.423 e. The Kier molecular flexibility index (Phi) is 9.40. The van der Waals surface area contributed by atoms with Crippen LogP contribution in [-0.4, -0.2) is 131 Å². The molecule has 2 aromatic carbocycles. The molecule has 58 heavy (non-hydrogen) atoms. The zero-order valence-corrected chi connectivity index (χ0v) is 32.1. The number of carbonyl (C=O) groups excluding carboxylic acids is 4. The highest BCUT2D eigenvalue weighted by Crippen LogP contribution is 2.36. The van der Waals surface area contributed by atoms with Crippen LogP contribution >= 0.6 is 0 Å². The summed E-state index contributed by atoms with van der Waals surface area (Å²) >= 11 is 0. The van der Waals surface area contributed by atoms with Crippen LogP contribution in [0.2, 0.25) is 0 Å². The first kappa shape index (κ1) is 36.3. The third kappa shape index (κ3) is 6.97. The minimum absolute atomic E-state index is 0.136. The quantitative estimate of drug-likeness (QED) is 0.220. The summed E-state index contributed by atoms with van der Waals surface area (Å²) in [5.41, 5.74) is 6.40. The van der Waals surface area contributed by atoms with Crippen molar-refractivity contribution < 1.29 is 28.3 Å². The molecule has 4 amide bonds. The molecule has 17 heteroatoms. The van der Waals surface area contributed by atoms with E-state index in [1.165, 1.54) is 0 Å². The number of nitrogens with one attached hydrogen (secondary N) is 2. The standard InChI is InChI=1S/C41H45N11O6/c53-37-6-4-33(39(55)45-37)51-25-27-1-2-28(21-29(27)40(51)56)48-10-7-26(8-11-48)24-47-13-15-50(16-14-47)41-44-32-22-34(49-17-19-57-20-18-49)31(23-35(32)58-41)43-38(54)30-3-5-36-42-9-12-52(36)46-30/h1-3,5,9,12,21-23,26,33H,4,6-8,10-11,13-20,24-25H2,(H,43,54)(H,45,53,55). The van der Waals surface area contributed by atoms with Crippen LogP contribution in [0.3, 0.4) is 0 Å². The fourth-order valence-corrected chi connectivity index (χ4v) is 8.97. The number of anilines is 4. The molecular formula is C41H45N11O6. The molecule has 5 aliphatic heterocycles. The van der Waals surface area contributed by atoms with Gasteiger partial charge >= 0.3 is 0 Å². The normalized spacial score (nSPS) is 21.0. The molecule has 8 heterocycles. The molecule has 5 aromatic rings. The first-order valence-electron chi connectivity index (χ1n) is 20.2. The van der Waals surface area contributed by atoms with Gasteiger partial charge in [0.05, 0.1) is 24.6 Å². The van der Waals surface area contributed by atoms with Gasteiger partial charge < -0.3 is 34.1 Å². The van der Waals surface area contributed by atoms with Crippen LogP contribution in [-0.2, 0) is 20.9 Å². The zero-order valence-electron chi connectivity index (χ0n) is 32.1. The number of piperazine rings is 1. The van der Waals surface area contributed by atoms with Crippen molar-refractivity contribution in [3.63, 3.8) is 0 Å². The molecule has 0 bridgehead atoms. The van der Waals surface area contributed by atoms with Gasteiger partial charge in [0.2, 0.25) is 11.8 Å². The van der Waals surface area contributed by atoms with Gasteiger partial charge in [-0.2, -0.15) is 10.1 Å². The topological polar surface area (TPSA) is 174 Å². The van der Waals surface area contributed by atoms with Crippen LogP contribution in [0.15, 0.2) is 59.3 Å². The lowest BCUT2D eigenvalue weighted by Gasteiger charge is -2.39. The van der Waals surface area contributed by atoms with E-state index in [4.69, 9.17) is 14.1 Å². The highest BCUT2D eigenvalue weighted by molar-refractivity contribution is 6.07. The van der Waals surface area contributed by atoms with Gasteiger partial charge in [0, 0.05) is 102 Å². The van der Waals surface area contributed by atoms with Crippen LogP contribution in [0.1, 0.15) is 52.1 Å². The van der Waals surface area contributed by atoms with E-state index in [0.717, 1.165) is 81.1 Å². The number of nitrogens with zero attached hydrogens (tertiary/aromatic N) is 9. The number of oxazole rings is 1. The Morgan fingerprint density at radius 1 is 0.879 bits per heavy atom. The molecule has 5 aliphatic rings. The number of morpholine rings is 1. The lowest BCUT2D eigenvalue weighted by molar-refractivity contribution is -0.136. The second kappa shape index (κ2) is 15.0. The SMILES string of the molecule is O=C1CCC(N2Cc3ccc(N4CCC(CN5CCN(c6nc7cc(N8CCOCC8)c(NC(=O)c8ccc9nccn9n8)cc7o6)CC5)CC4)cc3C2=O)C(=O)N1. The van der Waals surface area contributed by atoms with Crippen molar-refractivity contribution in [2.45, 2.75) is 38.3 Å². The maximum absolute atomic E-state index is 13.4. The number of aromatic nitrogens is 4. The fourth-order valence-electron chi connectivity index (χ4n) is 8.97. The minimum atomic E-state index is -0.606. The molecule has 2 N–H and O–H groups in total. The third-order valence-corrected chi connectivity index (χ3v) is 12.2. The number of amides is 4. The van der Waals surface area contributed by atoms with Gasteiger partial charge in [0.15, 0.2) is 11.2 Å². The number of rotatable bonds is 8. The predicted octanol–water partition coefficient (Wildman–Crippen LogP) is 2.76. The van der Waals surface area contributed by atoms with E-state index in [2.05, 4.69) is 46.4 Å². The molecule has 0 saturated carbocycles. The number of hydrogen-bond donors (Lipinski definition) is 2. The van der Waals surface area contributed by atoms with Crippen LogP contribution < -0.4 is 25.3 Å². The van der Waals surface area contributed by atoms with E-state index in [9.17, 15) is 19.2 Å². The largest absolute Gasteiger partial charge is 0.423 e. The van der Waals surface area contributed by atoms with Gasteiger partial charge in [-0.1, -0.05) is 6.07 Å². The Bertz CT molecular complexity index is 2410. The highest BCUT2D eigenvalue weighted by atomic mass is 16.5. The van der Waals surface area contributed by atoms with Gasteiger partial charge in [-0.15, -0.1) is 0 Å². The molecule has 0 spiro atoms. The predicted molar refractivity (Wildman–Crippen MR) is 214 cm³/mol. The Hall–Kier alpha value is -6.07. The molecule has 4 saturated heterocycles. The van der Waals surface area contributed by atoms with Gasteiger partial charge in [-0.05, 0) is 61.1 Å². The molecular weight excluding hydrogens is 743 g/mol. The Morgan fingerprint density at radius 3 is 2.52 bits per heavy atom. The molecule has 10 rings (SSSR count). The van der Waals surface area contributed by atoms with E-state index in [1.807, 2.05) is 24.3 Å². The number of hydrogen-bond acceptors (Lipinski definition) is 13. The number of ether oxygens (including phenoxy) is 1. The van der Waals surface area contributed by atoms with Crippen molar-refractivity contribution >= 4 is 63.5 Å².